The van der Waals surface area contributed by atoms with Crippen molar-refractivity contribution in [3.05, 3.63) is 0 Å². The molecule has 0 unspecified atom stereocenters. The third-order valence-electron chi connectivity index (χ3n) is 4.38. The summed E-state index contributed by atoms with van der Waals surface area (Å²) in [7, 11) is 0. The van der Waals surface area contributed by atoms with Crippen molar-refractivity contribution < 1.29 is 9.53 Å². The lowest BCUT2D eigenvalue weighted by Gasteiger charge is -2.34. The second-order valence-electron chi connectivity index (χ2n) is 7.32. The van der Waals surface area contributed by atoms with Gasteiger partial charge in [0.15, 0.2) is 0 Å². The molecule has 2 aliphatic rings. The van der Waals surface area contributed by atoms with E-state index in [0.29, 0.717) is 5.41 Å². The lowest BCUT2D eigenvalue weighted by Crippen LogP contribution is -2.42. The Kier molecular flexibility index (Phi) is 4.09. The first kappa shape index (κ1) is 14.6. The van der Waals surface area contributed by atoms with Crippen LogP contribution in [0.2, 0.25) is 0 Å². The molecule has 2 N–H and O–H groups in total. The maximum Gasteiger partial charge on any atom is 0.410 e. The first-order valence-electron chi connectivity index (χ1n) is 7.52. The summed E-state index contributed by atoms with van der Waals surface area (Å²) in [6.07, 6.45) is 5.89. The molecule has 19 heavy (non-hydrogen) atoms. The lowest BCUT2D eigenvalue weighted by atomic mass is 9.85. The van der Waals surface area contributed by atoms with E-state index < -0.39 is 5.60 Å². The Balaban J connectivity index is 1.74. The number of hydrogen-bond acceptors (Lipinski definition) is 3. The number of hydrogen-bond donors (Lipinski definition) is 1. The Morgan fingerprint density at radius 3 is 2.32 bits per heavy atom. The molecule has 4 heteroatoms. The molecule has 2 fully saturated rings. The number of carbonyl (C=O) groups excluding carboxylic acids is 1. The molecule has 4 nitrogen and oxygen atoms in total. The zero-order chi connectivity index (χ0) is 14.1. The molecular formula is C15H28N2O2. The van der Waals surface area contributed by atoms with Gasteiger partial charge >= 0.3 is 6.09 Å². The van der Waals surface area contributed by atoms with Crippen LogP contribution < -0.4 is 5.73 Å². The van der Waals surface area contributed by atoms with Crippen molar-refractivity contribution in [1.82, 2.24) is 4.90 Å². The molecule has 1 aliphatic heterocycles. The van der Waals surface area contributed by atoms with E-state index in [4.69, 9.17) is 10.5 Å². The molecule has 0 spiro atoms. The van der Waals surface area contributed by atoms with Gasteiger partial charge in [-0.05, 0) is 70.8 Å². The number of likely N-dealkylation sites (tertiary alicyclic amines) is 1. The minimum Gasteiger partial charge on any atom is -0.444 e. The normalized spacial score (nSPS) is 23.3. The van der Waals surface area contributed by atoms with E-state index >= 15 is 0 Å². The number of amides is 1. The van der Waals surface area contributed by atoms with Crippen molar-refractivity contribution in [3.63, 3.8) is 0 Å². The fourth-order valence-corrected chi connectivity index (χ4v) is 2.93. The summed E-state index contributed by atoms with van der Waals surface area (Å²) < 4.78 is 5.41. The Hall–Kier alpha value is -0.770. The topological polar surface area (TPSA) is 55.6 Å². The lowest BCUT2D eigenvalue weighted by molar-refractivity contribution is 0.0174. The van der Waals surface area contributed by atoms with Crippen molar-refractivity contribution in [2.45, 2.75) is 58.5 Å². The van der Waals surface area contributed by atoms with Gasteiger partial charge in [0.25, 0.3) is 0 Å². The van der Waals surface area contributed by atoms with Crippen LogP contribution in [0.1, 0.15) is 52.9 Å². The van der Waals surface area contributed by atoms with E-state index in [1.807, 2.05) is 25.7 Å². The summed E-state index contributed by atoms with van der Waals surface area (Å²) in [5, 5.41) is 0. The van der Waals surface area contributed by atoms with Gasteiger partial charge in [0.2, 0.25) is 0 Å². The maximum atomic E-state index is 12.0. The molecule has 2 rings (SSSR count). The van der Waals surface area contributed by atoms with Gasteiger partial charge in [-0.1, -0.05) is 0 Å². The highest BCUT2D eigenvalue weighted by molar-refractivity contribution is 5.68. The van der Waals surface area contributed by atoms with E-state index in [-0.39, 0.29) is 6.09 Å². The number of rotatable bonds is 3. The van der Waals surface area contributed by atoms with Crippen LogP contribution in [-0.4, -0.2) is 36.2 Å². The highest BCUT2D eigenvalue weighted by Crippen LogP contribution is 2.50. The van der Waals surface area contributed by atoms with E-state index in [0.717, 1.165) is 38.4 Å². The summed E-state index contributed by atoms with van der Waals surface area (Å²) in [4.78, 5) is 13.8. The van der Waals surface area contributed by atoms with Crippen LogP contribution in [0.4, 0.5) is 4.79 Å². The molecule has 0 aromatic heterocycles. The van der Waals surface area contributed by atoms with Crippen LogP contribution in [-0.2, 0) is 4.74 Å². The molecule has 0 bridgehead atoms. The van der Waals surface area contributed by atoms with E-state index in [9.17, 15) is 4.79 Å². The molecule has 0 aromatic carbocycles. The molecule has 0 radical (unpaired) electrons. The zero-order valence-electron chi connectivity index (χ0n) is 12.6. The fraction of sp³-hybridized carbons (Fsp3) is 0.933. The van der Waals surface area contributed by atoms with Crippen LogP contribution in [0.3, 0.4) is 0 Å². The Morgan fingerprint density at radius 2 is 1.89 bits per heavy atom. The Labute approximate surface area is 116 Å². The van der Waals surface area contributed by atoms with Gasteiger partial charge in [0, 0.05) is 13.1 Å². The van der Waals surface area contributed by atoms with Crippen molar-refractivity contribution in [2.24, 2.45) is 17.1 Å². The number of carbonyl (C=O) groups is 1. The second-order valence-corrected chi connectivity index (χ2v) is 7.32. The average molecular weight is 268 g/mol. The number of piperidine rings is 1. The molecule has 1 amide bonds. The fourth-order valence-electron chi connectivity index (χ4n) is 2.93. The molecule has 1 aliphatic carbocycles. The monoisotopic (exact) mass is 268 g/mol. The van der Waals surface area contributed by atoms with Gasteiger partial charge in [0.05, 0.1) is 0 Å². The van der Waals surface area contributed by atoms with Gasteiger partial charge < -0.3 is 15.4 Å². The van der Waals surface area contributed by atoms with Crippen molar-refractivity contribution in [3.8, 4) is 0 Å². The molecule has 1 saturated heterocycles. The molecule has 110 valence electrons. The first-order valence-corrected chi connectivity index (χ1v) is 7.52. The number of nitrogens with two attached hydrogens (primary N) is 1. The Bertz CT molecular complexity index is 324. The summed E-state index contributed by atoms with van der Waals surface area (Å²) in [6.45, 7) is 8.24. The molecule has 1 heterocycles. The van der Waals surface area contributed by atoms with Crippen LogP contribution >= 0.6 is 0 Å². The third-order valence-corrected chi connectivity index (χ3v) is 4.38. The molecular weight excluding hydrogens is 240 g/mol. The van der Waals surface area contributed by atoms with E-state index in [2.05, 4.69) is 0 Å². The standard InChI is InChI=1S/C15H28N2O2/c1-14(2,3)19-13(18)17-8-4-12(5-9-17)10-15(11-16)6-7-15/h12H,4-11,16H2,1-3H3. The van der Waals surface area contributed by atoms with Crippen molar-refractivity contribution in [1.29, 1.82) is 0 Å². The second kappa shape index (κ2) is 5.31. The SMILES string of the molecule is CC(C)(C)OC(=O)N1CCC(CC2(CN)CC2)CC1. The minimum atomic E-state index is -0.397. The Morgan fingerprint density at radius 1 is 1.32 bits per heavy atom. The molecule has 0 atom stereocenters. The molecule has 0 aromatic rings. The van der Waals surface area contributed by atoms with Gasteiger partial charge in [-0.3, -0.25) is 0 Å². The predicted octanol–water partition coefficient (Wildman–Crippen LogP) is 2.76. The highest BCUT2D eigenvalue weighted by Gasteiger charge is 2.43. The quantitative estimate of drug-likeness (QED) is 0.856. The van der Waals surface area contributed by atoms with Crippen LogP contribution in [0.25, 0.3) is 0 Å². The highest BCUT2D eigenvalue weighted by atomic mass is 16.6. The largest absolute Gasteiger partial charge is 0.444 e. The van der Waals surface area contributed by atoms with Crippen LogP contribution in [0.15, 0.2) is 0 Å². The van der Waals surface area contributed by atoms with Crippen molar-refractivity contribution in [2.75, 3.05) is 19.6 Å². The maximum absolute atomic E-state index is 12.0. The van der Waals surface area contributed by atoms with Gasteiger partial charge in [-0.25, -0.2) is 4.79 Å². The number of nitrogens with zero attached hydrogens (tertiary/aromatic N) is 1. The minimum absolute atomic E-state index is 0.161. The van der Waals surface area contributed by atoms with Crippen LogP contribution in [0.5, 0.6) is 0 Å². The summed E-state index contributed by atoms with van der Waals surface area (Å²) in [5.74, 6) is 0.740. The smallest absolute Gasteiger partial charge is 0.410 e. The predicted molar refractivity (Wildman–Crippen MR) is 75.9 cm³/mol. The number of ether oxygens (including phenoxy) is 1. The van der Waals surface area contributed by atoms with Crippen molar-refractivity contribution >= 4 is 6.09 Å². The summed E-state index contributed by atoms with van der Waals surface area (Å²) in [5.41, 5.74) is 5.91. The molecule has 1 saturated carbocycles. The van der Waals surface area contributed by atoms with Gasteiger partial charge in [0.1, 0.15) is 5.60 Å². The summed E-state index contributed by atoms with van der Waals surface area (Å²) in [6, 6.07) is 0. The average Bonchev–Trinajstić information content (AvgIpc) is 3.08. The van der Waals surface area contributed by atoms with Gasteiger partial charge in [-0.2, -0.15) is 0 Å². The zero-order valence-corrected chi connectivity index (χ0v) is 12.6. The van der Waals surface area contributed by atoms with Gasteiger partial charge in [-0.15, -0.1) is 0 Å². The summed E-state index contributed by atoms with van der Waals surface area (Å²) >= 11 is 0. The van der Waals surface area contributed by atoms with Crippen LogP contribution in [0, 0.1) is 11.3 Å². The van der Waals surface area contributed by atoms with E-state index in [1.165, 1.54) is 19.3 Å². The van der Waals surface area contributed by atoms with E-state index in [1.54, 1.807) is 0 Å². The first-order chi connectivity index (χ1) is 8.84. The third kappa shape index (κ3) is 4.10.